The molecule has 0 radical (unpaired) electrons. The maximum atomic E-state index is 12.5. The minimum absolute atomic E-state index is 0.0437. The molecule has 0 aliphatic rings. The van der Waals surface area contributed by atoms with Gasteiger partial charge in [0, 0.05) is 0 Å². The summed E-state index contributed by atoms with van der Waals surface area (Å²) >= 11 is 0. The number of ether oxygens (including phenoxy) is 1. The molecule has 6 heteroatoms. The maximum Gasteiger partial charge on any atom is 0.416 e. The molecule has 0 saturated carbocycles. The van der Waals surface area contributed by atoms with E-state index in [1.165, 1.54) is 12.1 Å². The number of rotatable bonds is 4. The normalized spacial score (nSPS) is 13.2. The van der Waals surface area contributed by atoms with Crippen LogP contribution < -0.4 is 4.74 Å². The number of hydrogen-bond acceptors (Lipinski definition) is 3. The molecule has 2 rings (SSSR count). The van der Waals surface area contributed by atoms with Crippen LogP contribution in [0.5, 0.6) is 5.75 Å². The zero-order chi connectivity index (χ0) is 14.8. The minimum Gasteiger partial charge on any atom is -0.490 e. The fourth-order valence-electron chi connectivity index (χ4n) is 1.65. The van der Waals surface area contributed by atoms with E-state index < -0.39 is 17.8 Å². The van der Waals surface area contributed by atoms with Gasteiger partial charge in [-0.3, -0.25) is 0 Å². The zero-order valence-corrected chi connectivity index (χ0v) is 10.6. The third-order valence-electron chi connectivity index (χ3n) is 2.66. The third-order valence-corrected chi connectivity index (χ3v) is 2.66. The van der Waals surface area contributed by atoms with Crippen molar-refractivity contribution >= 4 is 0 Å². The van der Waals surface area contributed by atoms with Crippen LogP contribution in [0.4, 0.5) is 13.2 Å². The van der Waals surface area contributed by atoms with E-state index in [2.05, 4.69) is 0 Å². The first-order chi connectivity index (χ1) is 9.36. The average molecular weight is 286 g/mol. The molecular weight excluding hydrogens is 273 g/mol. The van der Waals surface area contributed by atoms with Crippen LogP contribution in [0.1, 0.15) is 23.2 Å². The van der Waals surface area contributed by atoms with Crippen molar-refractivity contribution in [1.82, 2.24) is 0 Å². The summed E-state index contributed by atoms with van der Waals surface area (Å²) in [6.07, 6.45) is -5.45. The highest BCUT2D eigenvalue weighted by Gasteiger charge is 2.30. The first kappa shape index (κ1) is 14.5. The van der Waals surface area contributed by atoms with Crippen LogP contribution in [0.25, 0.3) is 0 Å². The Kier molecular flexibility index (Phi) is 4.04. The molecule has 20 heavy (non-hydrogen) atoms. The molecular formula is C14H13F3O3. The molecule has 0 amide bonds. The first-order valence-electron chi connectivity index (χ1n) is 5.91. The topological polar surface area (TPSA) is 42.6 Å². The molecule has 0 bridgehead atoms. The molecule has 0 spiro atoms. The lowest BCUT2D eigenvalue weighted by molar-refractivity contribution is -0.137. The molecule has 108 valence electrons. The van der Waals surface area contributed by atoms with Crippen molar-refractivity contribution in [3.8, 4) is 5.75 Å². The SMILES string of the molecule is Cc1ccc(C(O)COc2cccc(C(F)(F)F)c2)o1. The quantitative estimate of drug-likeness (QED) is 0.931. The Morgan fingerprint density at radius 1 is 1.25 bits per heavy atom. The summed E-state index contributed by atoms with van der Waals surface area (Å²) in [5.74, 6) is 0.995. The van der Waals surface area contributed by atoms with Crippen LogP contribution in [-0.4, -0.2) is 11.7 Å². The Hall–Kier alpha value is -1.95. The molecule has 1 N–H and O–H groups in total. The third kappa shape index (κ3) is 3.54. The summed E-state index contributed by atoms with van der Waals surface area (Å²) in [6, 6.07) is 7.77. The zero-order valence-electron chi connectivity index (χ0n) is 10.6. The van der Waals surface area contributed by atoms with Crippen LogP contribution in [0, 0.1) is 6.92 Å². The second-order valence-electron chi connectivity index (χ2n) is 4.30. The number of aliphatic hydroxyl groups is 1. The number of aryl methyl sites for hydroxylation is 1. The fraction of sp³-hybridized carbons (Fsp3) is 0.286. The van der Waals surface area contributed by atoms with Crippen molar-refractivity contribution in [3.05, 3.63) is 53.5 Å². The van der Waals surface area contributed by atoms with Gasteiger partial charge in [0.1, 0.15) is 30.0 Å². The van der Waals surface area contributed by atoms with Crippen molar-refractivity contribution in [2.45, 2.75) is 19.2 Å². The molecule has 0 saturated heterocycles. The summed E-state index contributed by atoms with van der Waals surface area (Å²) in [6.45, 7) is 1.54. The van der Waals surface area contributed by atoms with Gasteiger partial charge in [-0.25, -0.2) is 0 Å². The van der Waals surface area contributed by atoms with Gasteiger partial charge in [0.2, 0.25) is 0 Å². The lowest BCUT2D eigenvalue weighted by Gasteiger charge is -2.12. The first-order valence-corrected chi connectivity index (χ1v) is 5.91. The van der Waals surface area contributed by atoms with E-state index in [1.54, 1.807) is 19.1 Å². The molecule has 1 aromatic carbocycles. The Morgan fingerprint density at radius 2 is 2.00 bits per heavy atom. The van der Waals surface area contributed by atoms with Crippen molar-refractivity contribution in [3.63, 3.8) is 0 Å². The number of benzene rings is 1. The van der Waals surface area contributed by atoms with E-state index in [-0.39, 0.29) is 12.4 Å². The predicted molar refractivity (Wildman–Crippen MR) is 65.3 cm³/mol. The van der Waals surface area contributed by atoms with Crippen LogP contribution >= 0.6 is 0 Å². The van der Waals surface area contributed by atoms with E-state index in [0.717, 1.165) is 12.1 Å². The van der Waals surface area contributed by atoms with Gasteiger partial charge in [0.05, 0.1) is 5.56 Å². The van der Waals surface area contributed by atoms with Crippen molar-refractivity contribution < 1.29 is 27.4 Å². The van der Waals surface area contributed by atoms with E-state index >= 15 is 0 Å². The number of hydrogen-bond donors (Lipinski definition) is 1. The van der Waals surface area contributed by atoms with Gasteiger partial charge < -0.3 is 14.3 Å². The highest BCUT2D eigenvalue weighted by atomic mass is 19.4. The molecule has 2 aromatic rings. The van der Waals surface area contributed by atoms with Crippen LogP contribution in [0.3, 0.4) is 0 Å². The Bertz CT molecular complexity index is 575. The maximum absolute atomic E-state index is 12.5. The van der Waals surface area contributed by atoms with Crippen molar-refractivity contribution in [2.24, 2.45) is 0 Å². The van der Waals surface area contributed by atoms with E-state index in [4.69, 9.17) is 9.15 Å². The summed E-state index contributed by atoms with van der Waals surface area (Å²) in [4.78, 5) is 0. The average Bonchev–Trinajstić information content (AvgIpc) is 2.82. The second kappa shape index (κ2) is 5.58. The predicted octanol–water partition coefficient (Wildman–Crippen LogP) is 3.72. The molecule has 0 fully saturated rings. The standard InChI is InChI=1S/C14H13F3O3/c1-9-5-6-13(20-9)12(18)8-19-11-4-2-3-10(7-11)14(15,16)17/h2-7,12,18H,8H2,1H3. The Morgan fingerprint density at radius 3 is 2.60 bits per heavy atom. The van der Waals surface area contributed by atoms with Crippen molar-refractivity contribution in [1.29, 1.82) is 0 Å². The van der Waals surface area contributed by atoms with Gasteiger partial charge in [0.15, 0.2) is 0 Å². The summed E-state index contributed by atoms with van der Waals surface area (Å²) < 4.78 is 47.9. The number of alkyl halides is 3. The number of aliphatic hydroxyl groups excluding tert-OH is 1. The molecule has 0 aliphatic heterocycles. The molecule has 1 unspecified atom stereocenters. The fourth-order valence-corrected chi connectivity index (χ4v) is 1.65. The van der Waals surface area contributed by atoms with Gasteiger partial charge in [-0.15, -0.1) is 0 Å². The van der Waals surface area contributed by atoms with E-state index in [1.807, 2.05) is 0 Å². The lowest BCUT2D eigenvalue weighted by atomic mass is 10.2. The van der Waals surface area contributed by atoms with Crippen LogP contribution in [0.15, 0.2) is 40.8 Å². The second-order valence-corrected chi connectivity index (χ2v) is 4.30. The smallest absolute Gasteiger partial charge is 0.416 e. The molecule has 1 atom stereocenters. The van der Waals surface area contributed by atoms with Gasteiger partial charge in [-0.05, 0) is 37.3 Å². The monoisotopic (exact) mass is 286 g/mol. The summed E-state index contributed by atoms with van der Waals surface area (Å²) in [5.41, 5.74) is -0.793. The Balaban J connectivity index is 2.00. The molecule has 0 aliphatic carbocycles. The highest BCUT2D eigenvalue weighted by Crippen LogP contribution is 2.31. The van der Waals surface area contributed by atoms with Gasteiger partial charge in [-0.2, -0.15) is 13.2 Å². The van der Waals surface area contributed by atoms with Gasteiger partial charge in [0.25, 0.3) is 0 Å². The molecule has 1 heterocycles. The Labute approximate surface area is 113 Å². The van der Waals surface area contributed by atoms with Crippen LogP contribution in [0.2, 0.25) is 0 Å². The summed E-state index contributed by atoms with van der Waals surface area (Å²) in [5, 5.41) is 9.78. The number of furan rings is 1. The van der Waals surface area contributed by atoms with E-state index in [9.17, 15) is 18.3 Å². The van der Waals surface area contributed by atoms with Gasteiger partial charge >= 0.3 is 6.18 Å². The summed E-state index contributed by atoms with van der Waals surface area (Å²) in [7, 11) is 0. The van der Waals surface area contributed by atoms with Gasteiger partial charge in [-0.1, -0.05) is 6.07 Å². The lowest BCUT2D eigenvalue weighted by Crippen LogP contribution is -2.10. The van der Waals surface area contributed by atoms with Crippen LogP contribution in [-0.2, 0) is 6.18 Å². The van der Waals surface area contributed by atoms with E-state index in [0.29, 0.717) is 11.5 Å². The minimum atomic E-state index is -4.42. The molecule has 3 nitrogen and oxygen atoms in total. The number of halogens is 3. The molecule has 1 aromatic heterocycles. The highest BCUT2D eigenvalue weighted by molar-refractivity contribution is 5.30. The largest absolute Gasteiger partial charge is 0.490 e. The van der Waals surface area contributed by atoms with Crippen molar-refractivity contribution in [2.75, 3.05) is 6.61 Å².